The van der Waals surface area contributed by atoms with Gasteiger partial charge in [0, 0.05) is 42.5 Å². The molecule has 3 aromatic heterocycles. The number of benzene rings is 1. The van der Waals surface area contributed by atoms with Crippen LogP contribution in [0, 0.1) is 12.7 Å². The van der Waals surface area contributed by atoms with Crippen molar-refractivity contribution in [1.82, 2.24) is 24.8 Å². The van der Waals surface area contributed by atoms with Crippen molar-refractivity contribution < 1.29 is 4.39 Å². The number of aromatic amines is 1. The fourth-order valence-electron chi connectivity index (χ4n) is 2.92. The summed E-state index contributed by atoms with van der Waals surface area (Å²) in [4.78, 5) is 6.56. The van der Waals surface area contributed by atoms with Crippen molar-refractivity contribution in [3.05, 3.63) is 65.9 Å². The smallest absolute Gasteiger partial charge is 0.157 e. The summed E-state index contributed by atoms with van der Waals surface area (Å²) < 4.78 is 15.0. The van der Waals surface area contributed by atoms with E-state index in [2.05, 4.69) is 25.2 Å². The van der Waals surface area contributed by atoms with Gasteiger partial charge in [0.05, 0.1) is 18.1 Å². The fourth-order valence-corrected chi connectivity index (χ4v) is 2.92. The first-order chi connectivity index (χ1) is 12.1. The van der Waals surface area contributed by atoms with Crippen LogP contribution in [0.2, 0.25) is 0 Å². The van der Waals surface area contributed by atoms with Crippen LogP contribution < -0.4 is 4.90 Å². The highest BCUT2D eigenvalue weighted by Crippen LogP contribution is 2.24. The predicted molar refractivity (Wildman–Crippen MR) is 93.8 cm³/mol. The van der Waals surface area contributed by atoms with Crippen molar-refractivity contribution in [3.63, 3.8) is 0 Å². The molecule has 4 rings (SSSR count). The van der Waals surface area contributed by atoms with E-state index in [1.807, 2.05) is 30.6 Å². The molecule has 6 nitrogen and oxygen atoms in total. The molecule has 0 saturated carbocycles. The van der Waals surface area contributed by atoms with Crippen LogP contribution in [0.1, 0.15) is 11.3 Å². The standard InChI is InChI=1S/C18H17FN6/c1-12-9-17(25-16(22-12)7-8-21-25)24(2)11-14-10-20-23-18(14)13-3-5-15(19)6-4-13/h3-10H,11H2,1-2H3,(H,20,23). The molecule has 0 amide bonds. The third-order valence-corrected chi connectivity index (χ3v) is 4.12. The van der Waals surface area contributed by atoms with Gasteiger partial charge in [-0.15, -0.1) is 0 Å². The predicted octanol–water partition coefficient (Wildman–Crippen LogP) is 3.20. The Morgan fingerprint density at radius 2 is 2.00 bits per heavy atom. The lowest BCUT2D eigenvalue weighted by atomic mass is 10.1. The van der Waals surface area contributed by atoms with Crippen molar-refractivity contribution in [1.29, 1.82) is 0 Å². The molecule has 0 atom stereocenters. The van der Waals surface area contributed by atoms with Crippen molar-refractivity contribution in [3.8, 4) is 11.3 Å². The number of H-pyrrole nitrogens is 1. The number of halogens is 1. The summed E-state index contributed by atoms with van der Waals surface area (Å²) in [6, 6.07) is 10.3. The molecule has 4 aromatic rings. The third-order valence-electron chi connectivity index (χ3n) is 4.12. The van der Waals surface area contributed by atoms with Crippen LogP contribution in [-0.4, -0.2) is 31.8 Å². The molecule has 1 N–H and O–H groups in total. The zero-order valence-corrected chi connectivity index (χ0v) is 13.9. The van der Waals surface area contributed by atoms with Crippen LogP contribution in [-0.2, 0) is 6.54 Å². The molecule has 0 bridgehead atoms. The maximum Gasteiger partial charge on any atom is 0.157 e. The number of nitrogens with one attached hydrogen (secondary N) is 1. The molecule has 0 aliphatic heterocycles. The Kier molecular flexibility index (Phi) is 3.68. The van der Waals surface area contributed by atoms with Crippen molar-refractivity contribution in [2.24, 2.45) is 0 Å². The summed E-state index contributed by atoms with van der Waals surface area (Å²) in [6.07, 6.45) is 3.53. The number of rotatable bonds is 4. The quantitative estimate of drug-likeness (QED) is 0.622. The van der Waals surface area contributed by atoms with Gasteiger partial charge >= 0.3 is 0 Å². The molecule has 3 heterocycles. The minimum absolute atomic E-state index is 0.254. The van der Waals surface area contributed by atoms with E-state index in [1.54, 1.807) is 24.5 Å². The van der Waals surface area contributed by atoms with Gasteiger partial charge in [-0.2, -0.15) is 14.7 Å². The van der Waals surface area contributed by atoms with Gasteiger partial charge in [-0.3, -0.25) is 5.10 Å². The van der Waals surface area contributed by atoms with Gasteiger partial charge in [0.1, 0.15) is 11.6 Å². The van der Waals surface area contributed by atoms with Crippen molar-refractivity contribution >= 4 is 11.5 Å². The number of aromatic nitrogens is 5. The van der Waals surface area contributed by atoms with Crippen LogP contribution in [0.5, 0.6) is 0 Å². The number of fused-ring (bicyclic) bond motifs is 1. The summed E-state index contributed by atoms with van der Waals surface area (Å²) in [6.45, 7) is 2.59. The van der Waals surface area contributed by atoms with Crippen LogP contribution in [0.15, 0.2) is 48.8 Å². The highest BCUT2D eigenvalue weighted by atomic mass is 19.1. The Labute approximate surface area is 143 Å². The molecule has 1 aromatic carbocycles. The van der Waals surface area contributed by atoms with Crippen LogP contribution >= 0.6 is 0 Å². The number of aryl methyl sites for hydroxylation is 1. The van der Waals surface area contributed by atoms with Crippen LogP contribution in [0.4, 0.5) is 10.2 Å². The normalized spacial score (nSPS) is 11.2. The minimum Gasteiger partial charge on any atom is -0.355 e. The molecule has 0 spiro atoms. The molecule has 0 fully saturated rings. The number of hydrogen-bond acceptors (Lipinski definition) is 4. The Morgan fingerprint density at radius 3 is 2.80 bits per heavy atom. The van der Waals surface area contributed by atoms with E-state index in [0.29, 0.717) is 6.54 Å². The number of hydrogen-bond donors (Lipinski definition) is 1. The second-order valence-corrected chi connectivity index (χ2v) is 5.99. The Morgan fingerprint density at radius 1 is 1.20 bits per heavy atom. The van der Waals surface area contributed by atoms with E-state index in [0.717, 1.165) is 34.0 Å². The molecular weight excluding hydrogens is 319 g/mol. The van der Waals surface area contributed by atoms with Gasteiger partial charge in [0.2, 0.25) is 0 Å². The highest BCUT2D eigenvalue weighted by molar-refractivity contribution is 5.63. The number of anilines is 1. The topological polar surface area (TPSA) is 62.1 Å². The largest absolute Gasteiger partial charge is 0.355 e. The van der Waals surface area contributed by atoms with Crippen LogP contribution in [0.3, 0.4) is 0 Å². The van der Waals surface area contributed by atoms with Gasteiger partial charge < -0.3 is 4.90 Å². The van der Waals surface area contributed by atoms with E-state index >= 15 is 0 Å². The average molecular weight is 336 g/mol. The van der Waals surface area contributed by atoms with E-state index in [-0.39, 0.29) is 5.82 Å². The molecule has 7 heteroatoms. The molecule has 0 saturated heterocycles. The molecule has 126 valence electrons. The molecule has 0 radical (unpaired) electrons. The second kappa shape index (κ2) is 6.01. The lowest BCUT2D eigenvalue weighted by molar-refractivity contribution is 0.628. The SMILES string of the molecule is Cc1cc(N(C)Cc2cn[nH]c2-c2ccc(F)cc2)n2nccc2n1. The van der Waals surface area contributed by atoms with Gasteiger partial charge in [-0.1, -0.05) is 0 Å². The summed E-state index contributed by atoms with van der Waals surface area (Å²) in [5, 5.41) is 11.5. The first-order valence-corrected chi connectivity index (χ1v) is 7.92. The Balaban J connectivity index is 1.67. The summed E-state index contributed by atoms with van der Waals surface area (Å²) in [5.41, 5.74) is 4.55. The third kappa shape index (κ3) is 2.84. The summed E-state index contributed by atoms with van der Waals surface area (Å²) in [7, 11) is 2.00. The fraction of sp³-hybridized carbons (Fsp3) is 0.167. The lowest BCUT2D eigenvalue weighted by Gasteiger charge is -2.20. The molecule has 0 unspecified atom stereocenters. The van der Waals surface area contributed by atoms with Gasteiger partial charge in [-0.05, 0) is 31.2 Å². The maximum absolute atomic E-state index is 13.2. The average Bonchev–Trinajstić information content (AvgIpc) is 3.24. The Bertz CT molecular complexity index is 1020. The molecule has 25 heavy (non-hydrogen) atoms. The first-order valence-electron chi connectivity index (χ1n) is 7.92. The van der Waals surface area contributed by atoms with Gasteiger partial charge in [0.25, 0.3) is 0 Å². The zero-order chi connectivity index (χ0) is 17.4. The van der Waals surface area contributed by atoms with Crippen molar-refractivity contribution in [2.75, 3.05) is 11.9 Å². The monoisotopic (exact) mass is 336 g/mol. The lowest BCUT2D eigenvalue weighted by Crippen LogP contribution is -2.20. The Hall–Kier alpha value is -3.22. The van der Waals surface area contributed by atoms with Crippen molar-refractivity contribution in [2.45, 2.75) is 13.5 Å². The van der Waals surface area contributed by atoms with Gasteiger partial charge in [-0.25, -0.2) is 9.37 Å². The van der Waals surface area contributed by atoms with Gasteiger partial charge in [0.15, 0.2) is 5.65 Å². The first kappa shape index (κ1) is 15.3. The number of nitrogens with zero attached hydrogens (tertiary/aromatic N) is 5. The van der Waals surface area contributed by atoms with E-state index in [9.17, 15) is 4.39 Å². The summed E-state index contributed by atoms with van der Waals surface area (Å²) in [5.74, 6) is 0.689. The van der Waals surface area contributed by atoms with E-state index in [1.165, 1.54) is 12.1 Å². The van der Waals surface area contributed by atoms with E-state index in [4.69, 9.17) is 0 Å². The molecule has 0 aliphatic carbocycles. The maximum atomic E-state index is 13.2. The molecular formula is C18H17FN6. The highest BCUT2D eigenvalue weighted by Gasteiger charge is 2.14. The van der Waals surface area contributed by atoms with E-state index < -0.39 is 0 Å². The summed E-state index contributed by atoms with van der Waals surface area (Å²) >= 11 is 0. The zero-order valence-electron chi connectivity index (χ0n) is 13.9. The molecule has 0 aliphatic rings. The van der Waals surface area contributed by atoms with Crippen LogP contribution in [0.25, 0.3) is 16.9 Å². The second-order valence-electron chi connectivity index (χ2n) is 5.99. The minimum atomic E-state index is -0.254.